The van der Waals surface area contributed by atoms with Crippen LogP contribution >= 0.6 is 0 Å². The number of hydrogen-bond donors (Lipinski definition) is 1. The molecule has 0 saturated heterocycles. The third kappa shape index (κ3) is 6.88. The van der Waals surface area contributed by atoms with Crippen molar-refractivity contribution in [3.63, 3.8) is 0 Å². The Kier molecular flexibility index (Phi) is 5.75. The number of nitriles is 1. The SMILES string of the molecule is CCN(CCC(C)(C)O)CC(C)C#N. The maximum atomic E-state index is 9.56. The fraction of sp³-hybridized carbons (Fsp3) is 0.909. The van der Waals surface area contributed by atoms with Gasteiger partial charge >= 0.3 is 0 Å². The van der Waals surface area contributed by atoms with Crippen molar-refractivity contribution in [2.24, 2.45) is 5.92 Å². The molecular weight excluding hydrogens is 176 g/mol. The second-order valence-corrected chi connectivity index (χ2v) is 4.49. The predicted octanol–water partition coefficient (Wildman–Crippen LogP) is 1.63. The molecule has 0 saturated carbocycles. The molecule has 0 radical (unpaired) electrons. The van der Waals surface area contributed by atoms with Gasteiger partial charge in [-0.2, -0.15) is 5.26 Å². The molecule has 0 amide bonds. The van der Waals surface area contributed by atoms with Crippen LogP contribution in [0.2, 0.25) is 0 Å². The first kappa shape index (κ1) is 13.4. The molecule has 14 heavy (non-hydrogen) atoms. The molecule has 0 aromatic heterocycles. The molecule has 3 nitrogen and oxygen atoms in total. The Labute approximate surface area is 87.3 Å². The van der Waals surface area contributed by atoms with Gasteiger partial charge in [-0.1, -0.05) is 6.92 Å². The molecule has 1 N–H and O–H groups in total. The van der Waals surface area contributed by atoms with Crippen LogP contribution in [-0.2, 0) is 0 Å². The van der Waals surface area contributed by atoms with E-state index in [0.717, 1.165) is 26.1 Å². The van der Waals surface area contributed by atoms with Crippen LogP contribution in [0, 0.1) is 17.2 Å². The van der Waals surface area contributed by atoms with Crippen molar-refractivity contribution in [1.29, 1.82) is 5.26 Å². The summed E-state index contributed by atoms with van der Waals surface area (Å²) >= 11 is 0. The Hall–Kier alpha value is -0.590. The van der Waals surface area contributed by atoms with Gasteiger partial charge < -0.3 is 10.0 Å². The Bertz CT molecular complexity index is 190. The standard InChI is InChI=1S/C11H22N2O/c1-5-13(9-10(2)8-12)7-6-11(3,4)14/h10,14H,5-7,9H2,1-4H3. The number of aliphatic hydroxyl groups is 1. The fourth-order valence-corrected chi connectivity index (χ4v) is 1.24. The zero-order chi connectivity index (χ0) is 11.2. The Morgan fingerprint density at radius 1 is 1.50 bits per heavy atom. The first-order valence-electron chi connectivity index (χ1n) is 5.23. The summed E-state index contributed by atoms with van der Waals surface area (Å²) in [5, 5.41) is 18.2. The highest BCUT2D eigenvalue weighted by Crippen LogP contribution is 2.09. The van der Waals surface area contributed by atoms with Gasteiger partial charge in [-0.15, -0.1) is 0 Å². The van der Waals surface area contributed by atoms with E-state index in [4.69, 9.17) is 5.26 Å². The lowest BCUT2D eigenvalue weighted by Gasteiger charge is -2.25. The van der Waals surface area contributed by atoms with Gasteiger partial charge in [0.25, 0.3) is 0 Å². The van der Waals surface area contributed by atoms with E-state index in [0.29, 0.717) is 0 Å². The molecule has 0 heterocycles. The molecule has 0 aromatic rings. The summed E-state index contributed by atoms with van der Waals surface area (Å²) < 4.78 is 0. The zero-order valence-electron chi connectivity index (χ0n) is 9.75. The third-order valence-corrected chi connectivity index (χ3v) is 2.24. The molecule has 0 spiro atoms. The second-order valence-electron chi connectivity index (χ2n) is 4.49. The average Bonchev–Trinajstić information content (AvgIpc) is 2.10. The molecule has 1 atom stereocenters. The van der Waals surface area contributed by atoms with E-state index < -0.39 is 5.60 Å². The summed E-state index contributed by atoms with van der Waals surface area (Å²) in [5.74, 6) is 0.0664. The van der Waals surface area contributed by atoms with E-state index in [-0.39, 0.29) is 5.92 Å². The first-order valence-corrected chi connectivity index (χ1v) is 5.23. The topological polar surface area (TPSA) is 47.3 Å². The molecule has 0 rings (SSSR count). The van der Waals surface area contributed by atoms with Crippen molar-refractivity contribution in [3.8, 4) is 6.07 Å². The van der Waals surface area contributed by atoms with Crippen molar-refractivity contribution in [2.75, 3.05) is 19.6 Å². The van der Waals surface area contributed by atoms with Gasteiger partial charge in [0.05, 0.1) is 17.6 Å². The van der Waals surface area contributed by atoms with Crippen LogP contribution in [0.3, 0.4) is 0 Å². The van der Waals surface area contributed by atoms with E-state index in [1.165, 1.54) is 0 Å². The van der Waals surface area contributed by atoms with Gasteiger partial charge in [-0.05, 0) is 33.7 Å². The summed E-state index contributed by atoms with van der Waals surface area (Å²) in [6, 6.07) is 2.22. The predicted molar refractivity (Wildman–Crippen MR) is 57.8 cm³/mol. The van der Waals surface area contributed by atoms with Crippen molar-refractivity contribution in [2.45, 2.75) is 39.7 Å². The van der Waals surface area contributed by atoms with Crippen LogP contribution in [0.5, 0.6) is 0 Å². The minimum Gasteiger partial charge on any atom is -0.390 e. The Balaban J connectivity index is 3.87. The maximum Gasteiger partial charge on any atom is 0.0666 e. The van der Waals surface area contributed by atoms with Crippen LogP contribution in [-0.4, -0.2) is 35.2 Å². The van der Waals surface area contributed by atoms with Gasteiger partial charge in [-0.3, -0.25) is 0 Å². The van der Waals surface area contributed by atoms with Gasteiger partial charge in [0.1, 0.15) is 0 Å². The summed E-state index contributed by atoms with van der Waals surface area (Å²) in [4.78, 5) is 2.20. The van der Waals surface area contributed by atoms with Gasteiger partial charge in [0, 0.05) is 13.1 Å². The lowest BCUT2D eigenvalue weighted by Crippen LogP contribution is -2.33. The quantitative estimate of drug-likeness (QED) is 0.705. The first-order chi connectivity index (χ1) is 6.39. The lowest BCUT2D eigenvalue weighted by molar-refractivity contribution is 0.0574. The molecule has 0 aliphatic heterocycles. The molecule has 1 unspecified atom stereocenters. The van der Waals surface area contributed by atoms with Crippen LogP contribution in [0.25, 0.3) is 0 Å². The number of hydrogen-bond acceptors (Lipinski definition) is 3. The van der Waals surface area contributed by atoms with E-state index in [1.54, 1.807) is 0 Å². The fourth-order valence-electron chi connectivity index (χ4n) is 1.24. The summed E-state index contributed by atoms with van der Waals surface area (Å²) in [5.41, 5.74) is -0.608. The smallest absolute Gasteiger partial charge is 0.0666 e. The summed E-state index contributed by atoms with van der Waals surface area (Å²) in [6.45, 7) is 10.2. The van der Waals surface area contributed by atoms with Crippen LogP contribution in [0.1, 0.15) is 34.1 Å². The van der Waals surface area contributed by atoms with E-state index in [9.17, 15) is 5.11 Å². The highest BCUT2D eigenvalue weighted by atomic mass is 16.3. The zero-order valence-corrected chi connectivity index (χ0v) is 9.75. The van der Waals surface area contributed by atoms with Crippen molar-refractivity contribution in [1.82, 2.24) is 4.90 Å². The summed E-state index contributed by atoms with van der Waals surface area (Å²) in [7, 11) is 0. The van der Waals surface area contributed by atoms with E-state index in [1.807, 2.05) is 20.8 Å². The van der Waals surface area contributed by atoms with Gasteiger partial charge in [0.15, 0.2) is 0 Å². The minimum absolute atomic E-state index is 0.0664. The lowest BCUT2D eigenvalue weighted by atomic mass is 10.1. The highest BCUT2D eigenvalue weighted by Gasteiger charge is 2.15. The Morgan fingerprint density at radius 3 is 2.43 bits per heavy atom. The van der Waals surface area contributed by atoms with Gasteiger partial charge in [0.2, 0.25) is 0 Å². The molecule has 0 aliphatic rings. The van der Waals surface area contributed by atoms with Crippen LogP contribution in [0.15, 0.2) is 0 Å². The Morgan fingerprint density at radius 2 is 2.07 bits per heavy atom. The van der Waals surface area contributed by atoms with E-state index >= 15 is 0 Å². The van der Waals surface area contributed by atoms with Crippen LogP contribution in [0.4, 0.5) is 0 Å². The molecule has 0 fully saturated rings. The molecule has 82 valence electrons. The van der Waals surface area contributed by atoms with Gasteiger partial charge in [-0.25, -0.2) is 0 Å². The number of nitrogens with zero attached hydrogens (tertiary/aromatic N) is 2. The normalized spacial score (nSPS) is 14.1. The molecular formula is C11H22N2O. The molecule has 0 aliphatic carbocycles. The van der Waals surface area contributed by atoms with Crippen molar-refractivity contribution >= 4 is 0 Å². The van der Waals surface area contributed by atoms with Crippen molar-refractivity contribution < 1.29 is 5.11 Å². The minimum atomic E-state index is -0.608. The molecule has 3 heteroatoms. The summed E-state index contributed by atoms with van der Waals surface area (Å²) in [6.07, 6.45) is 0.749. The van der Waals surface area contributed by atoms with Crippen LogP contribution < -0.4 is 0 Å². The van der Waals surface area contributed by atoms with E-state index in [2.05, 4.69) is 17.9 Å². The van der Waals surface area contributed by atoms with Crippen molar-refractivity contribution in [3.05, 3.63) is 0 Å². The second kappa shape index (κ2) is 6.00. The third-order valence-electron chi connectivity index (χ3n) is 2.24. The largest absolute Gasteiger partial charge is 0.390 e. The average molecular weight is 198 g/mol. The monoisotopic (exact) mass is 198 g/mol. The number of rotatable bonds is 6. The maximum absolute atomic E-state index is 9.56. The highest BCUT2D eigenvalue weighted by molar-refractivity contribution is 4.81. The molecule has 0 aromatic carbocycles. The molecule has 0 bridgehead atoms.